The average molecular weight is 341 g/mol. The molecule has 0 aliphatic carbocycles. The zero-order chi connectivity index (χ0) is 18.2. The van der Waals surface area contributed by atoms with Crippen LogP contribution in [0.25, 0.3) is 0 Å². The number of rotatable bonds is 9. The summed E-state index contributed by atoms with van der Waals surface area (Å²) in [6.07, 6.45) is -0.0310. The van der Waals surface area contributed by atoms with Gasteiger partial charge in [0.05, 0.1) is 0 Å². The molecule has 0 aliphatic rings. The van der Waals surface area contributed by atoms with Crippen LogP contribution in [0.4, 0.5) is 11.4 Å². The second-order valence-electron chi connectivity index (χ2n) is 6.14. The van der Waals surface area contributed by atoms with Gasteiger partial charge in [0.1, 0.15) is 6.10 Å². The van der Waals surface area contributed by atoms with Gasteiger partial charge in [-0.2, -0.15) is 0 Å². The minimum absolute atomic E-state index is 0.0310. The summed E-state index contributed by atoms with van der Waals surface area (Å²) in [4.78, 5) is 4.70. The van der Waals surface area contributed by atoms with Crippen molar-refractivity contribution in [3.8, 4) is 0 Å². The first kappa shape index (κ1) is 19.3. The number of hydrogen-bond donors (Lipinski definition) is 0. The number of benzene rings is 2. The van der Waals surface area contributed by atoms with Crippen LogP contribution in [-0.2, 0) is 4.74 Å². The van der Waals surface area contributed by atoms with Crippen molar-refractivity contribution in [2.24, 2.45) is 0 Å². The van der Waals surface area contributed by atoms with Gasteiger partial charge in [-0.15, -0.1) is 0 Å². The molecule has 136 valence electrons. The van der Waals surface area contributed by atoms with E-state index in [0.29, 0.717) is 0 Å². The van der Waals surface area contributed by atoms with Crippen molar-refractivity contribution in [3.05, 3.63) is 59.7 Å². The van der Waals surface area contributed by atoms with Crippen molar-refractivity contribution in [2.45, 2.75) is 33.8 Å². The van der Waals surface area contributed by atoms with E-state index < -0.39 is 0 Å². The minimum Gasteiger partial charge on any atom is -0.372 e. The van der Waals surface area contributed by atoms with Crippen molar-refractivity contribution in [1.29, 1.82) is 0 Å². The Bertz CT molecular complexity index is 558. The number of ether oxygens (including phenoxy) is 1. The molecular formula is C22H32N2O. The predicted molar refractivity (Wildman–Crippen MR) is 109 cm³/mol. The summed E-state index contributed by atoms with van der Waals surface area (Å²) in [5, 5.41) is 0. The molecule has 0 radical (unpaired) electrons. The van der Waals surface area contributed by atoms with Crippen molar-refractivity contribution in [2.75, 3.05) is 43.1 Å². The van der Waals surface area contributed by atoms with E-state index in [-0.39, 0.29) is 6.10 Å². The molecule has 0 bridgehead atoms. The van der Waals surface area contributed by atoms with E-state index in [9.17, 15) is 0 Å². The highest BCUT2D eigenvalue weighted by Crippen LogP contribution is 2.28. The van der Waals surface area contributed by atoms with Crippen molar-refractivity contribution >= 4 is 11.4 Å². The van der Waals surface area contributed by atoms with Crippen LogP contribution in [0.5, 0.6) is 0 Å². The Kier molecular flexibility index (Phi) is 7.32. The van der Waals surface area contributed by atoms with Gasteiger partial charge in [-0.25, -0.2) is 0 Å². The summed E-state index contributed by atoms with van der Waals surface area (Å²) >= 11 is 0. The lowest BCUT2D eigenvalue weighted by Crippen LogP contribution is -2.21. The molecular weight excluding hydrogens is 308 g/mol. The highest BCUT2D eigenvalue weighted by atomic mass is 16.5. The molecule has 0 heterocycles. The summed E-state index contributed by atoms with van der Waals surface area (Å²) in [7, 11) is 1.78. The van der Waals surface area contributed by atoms with Gasteiger partial charge >= 0.3 is 0 Å². The summed E-state index contributed by atoms with van der Waals surface area (Å²) in [6.45, 7) is 12.8. The Labute approximate surface area is 153 Å². The maximum Gasteiger partial charge on any atom is 0.107 e. The zero-order valence-corrected chi connectivity index (χ0v) is 16.3. The molecule has 0 unspecified atom stereocenters. The Morgan fingerprint density at radius 1 is 0.640 bits per heavy atom. The Balaban J connectivity index is 2.21. The number of hydrogen-bond acceptors (Lipinski definition) is 3. The van der Waals surface area contributed by atoms with E-state index >= 15 is 0 Å². The monoisotopic (exact) mass is 340 g/mol. The molecule has 0 aromatic heterocycles. The molecule has 2 aromatic carbocycles. The maximum atomic E-state index is 5.80. The standard InChI is InChI=1S/C22H32N2O/c1-6-23(7-2)20-14-10-18(11-15-20)22(25-5)19-12-16-21(17-13-19)24(8-3)9-4/h10-17,22H,6-9H2,1-5H3. The predicted octanol–water partition coefficient (Wildman–Crippen LogP) is 5.11. The van der Waals surface area contributed by atoms with Crippen LogP contribution in [0.15, 0.2) is 48.5 Å². The molecule has 0 saturated heterocycles. The molecule has 0 amide bonds. The highest BCUT2D eigenvalue weighted by molar-refractivity contribution is 5.51. The second-order valence-corrected chi connectivity index (χ2v) is 6.14. The van der Waals surface area contributed by atoms with Gasteiger partial charge in [-0.1, -0.05) is 24.3 Å². The molecule has 2 rings (SSSR count). The van der Waals surface area contributed by atoms with E-state index in [0.717, 1.165) is 26.2 Å². The lowest BCUT2D eigenvalue weighted by atomic mass is 10.0. The SMILES string of the molecule is CCN(CC)c1ccc(C(OC)c2ccc(N(CC)CC)cc2)cc1. The average Bonchev–Trinajstić information content (AvgIpc) is 2.67. The molecule has 0 fully saturated rings. The first-order valence-corrected chi connectivity index (χ1v) is 9.40. The normalized spacial score (nSPS) is 11.0. The third-order valence-electron chi connectivity index (χ3n) is 4.88. The number of anilines is 2. The van der Waals surface area contributed by atoms with Crippen molar-refractivity contribution in [3.63, 3.8) is 0 Å². The smallest absolute Gasteiger partial charge is 0.107 e. The molecule has 3 nitrogen and oxygen atoms in total. The molecule has 0 atom stereocenters. The van der Waals surface area contributed by atoms with Crippen LogP contribution < -0.4 is 9.80 Å². The number of methoxy groups -OCH3 is 1. The molecule has 0 aliphatic heterocycles. The quantitative estimate of drug-likeness (QED) is 0.630. The topological polar surface area (TPSA) is 15.7 Å². The van der Waals surface area contributed by atoms with Crippen LogP contribution in [-0.4, -0.2) is 33.3 Å². The third-order valence-corrected chi connectivity index (χ3v) is 4.88. The maximum absolute atomic E-state index is 5.80. The number of nitrogens with zero attached hydrogens (tertiary/aromatic N) is 2. The van der Waals surface area contributed by atoms with Gasteiger partial charge < -0.3 is 14.5 Å². The van der Waals surface area contributed by atoms with Gasteiger partial charge in [-0.05, 0) is 63.1 Å². The molecule has 0 spiro atoms. The van der Waals surface area contributed by atoms with Gasteiger partial charge in [0.15, 0.2) is 0 Å². The fourth-order valence-corrected chi connectivity index (χ4v) is 3.36. The second kappa shape index (κ2) is 9.47. The van der Waals surface area contributed by atoms with Crippen LogP contribution in [0.2, 0.25) is 0 Å². The van der Waals surface area contributed by atoms with Crippen LogP contribution >= 0.6 is 0 Å². The van der Waals surface area contributed by atoms with E-state index in [1.165, 1.54) is 22.5 Å². The lowest BCUT2D eigenvalue weighted by molar-refractivity contribution is 0.136. The molecule has 3 heteroatoms. The van der Waals surface area contributed by atoms with Gasteiger partial charge in [0.25, 0.3) is 0 Å². The van der Waals surface area contributed by atoms with Crippen LogP contribution in [0, 0.1) is 0 Å². The summed E-state index contributed by atoms with van der Waals surface area (Å²) in [5.41, 5.74) is 4.91. The lowest BCUT2D eigenvalue weighted by Gasteiger charge is -2.24. The first-order valence-electron chi connectivity index (χ1n) is 9.40. The fourth-order valence-electron chi connectivity index (χ4n) is 3.36. The molecule has 25 heavy (non-hydrogen) atoms. The largest absolute Gasteiger partial charge is 0.372 e. The molecule has 2 aromatic rings. The van der Waals surface area contributed by atoms with Crippen LogP contribution in [0.3, 0.4) is 0 Å². The van der Waals surface area contributed by atoms with Gasteiger partial charge in [0.2, 0.25) is 0 Å². The van der Waals surface area contributed by atoms with E-state index in [1.807, 2.05) is 0 Å². The Morgan fingerprint density at radius 2 is 0.960 bits per heavy atom. The van der Waals surface area contributed by atoms with Gasteiger partial charge in [0, 0.05) is 44.7 Å². The Morgan fingerprint density at radius 3 is 1.20 bits per heavy atom. The minimum atomic E-state index is -0.0310. The fraction of sp³-hybridized carbons (Fsp3) is 0.455. The summed E-state index contributed by atoms with van der Waals surface area (Å²) in [6, 6.07) is 17.5. The molecule has 0 saturated carbocycles. The van der Waals surface area contributed by atoms with E-state index in [2.05, 4.69) is 86.0 Å². The van der Waals surface area contributed by atoms with Crippen molar-refractivity contribution in [1.82, 2.24) is 0 Å². The summed E-state index contributed by atoms with van der Waals surface area (Å²) in [5.74, 6) is 0. The highest BCUT2D eigenvalue weighted by Gasteiger charge is 2.14. The van der Waals surface area contributed by atoms with Crippen LogP contribution in [0.1, 0.15) is 44.9 Å². The van der Waals surface area contributed by atoms with Gasteiger partial charge in [-0.3, -0.25) is 0 Å². The Hall–Kier alpha value is -2.00. The van der Waals surface area contributed by atoms with E-state index in [1.54, 1.807) is 7.11 Å². The zero-order valence-electron chi connectivity index (χ0n) is 16.3. The molecule has 0 N–H and O–H groups in total. The van der Waals surface area contributed by atoms with E-state index in [4.69, 9.17) is 4.74 Å². The van der Waals surface area contributed by atoms with Crippen molar-refractivity contribution < 1.29 is 4.74 Å². The summed E-state index contributed by atoms with van der Waals surface area (Å²) < 4.78 is 5.80. The first-order chi connectivity index (χ1) is 12.2. The third kappa shape index (κ3) is 4.55.